The summed E-state index contributed by atoms with van der Waals surface area (Å²) >= 11 is 0. The van der Waals surface area contributed by atoms with Gasteiger partial charge in [-0.2, -0.15) is 0 Å². The van der Waals surface area contributed by atoms with Crippen molar-refractivity contribution in [3.05, 3.63) is 29.8 Å². The van der Waals surface area contributed by atoms with E-state index in [1.165, 1.54) is 0 Å². The lowest BCUT2D eigenvalue weighted by Crippen LogP contribution is -2.34. The molecule has 1 N–H and O–H groups in total. The Balaban J connectivity index is 1.83. The van der Waals surface area contributed by atoms with Crippen molar-refractivity contribution in [3.8, 4) is 5.75 Å². The van der Waals surface area contributed by atoms with E-state index < -0.39 is 23.5 Å². The molecule has 6 nitrogen and oxygen atoms in total. The van der Waals surface area contributed by atoms with Crippen LogP contribution >= 0.6 is 0 Å². The maximum absolute atomic E-state index is 11.8. The van der Waals surface area contributed by atoms with Crippen LogP contribution in [0.15, 0.2) is 24.3 Å². The molecule has 1 aromatic rings. The maximum Gasteiger partial charge on any atom is 0.514 e. The Morgan fingerprint density at radius 2 is 1.52 bits per heavy atom. The van der Waals surface area contributed by atoms with Crippen LogP contribution in [-0.4, -0.2) is 29.5 Å². The average molecular weight is 349 g/mol. The van der Waals surface area contributed by atoms with Crippen LogP contribution in [0.1, 0.15) is 59.4 Å². The Kier molecular flexibility index (Phi) is 5.30. The first-order chi connectivity index (χ1) is 11.4. The molecule has 1 aliphatic rings. The van der Waals surface area contributed by atoms with Crippen LogP contribution in [0.25, 0.3) is 0 Å². The highest BCUT2D eigenvalue weighted by atomic mass is 16.7. The fraction of sp³-hybridized carbons (Fsp3) is 0.579. The van der Waals surface area contributed by atoms with Gasteiger partial charge in [-0.1, -0.05) is 12.1 Å². The standard InChI is InChI=1S/C19H27NO5/c1-18(2,3)24-16(21)20-15-11-14(15)12-7-9-13(10-8-12)23-17(22)25-19(4,5)6/h7-10,14-15H,11H2,1-6H3,(H,20,21)/t14-,15?/m0/s1. The van der Waals surface area contributed by atoms with Crippen molar-refractivity contribution in [2.45, 2.75) is 71.1 Å². The number of carbonyl (C=O) groups excluding carboxylic acids is 2. The van der Waals surface area contributed by atoms with Crippen LogP contribution in [-0.2, 0) is 9.47 Å². The summed E-state index contributed by atoms with van der Waals surface area (Å²) < 4.78 is 15.5. The van der Waals surface area contributed by atoms with Crippen LogP contribution in [0.3, 0.4) is 0 Å². The predicted molar refractivity (Wildman–Crippen MR) is 93.8 cm³/mol. The van der Waals surface area contributed by atoms with E-state index in [-0.39, 0.29) is 12.0 Å². The summed E-state index contributed by atoms with van der Waals surface area (Å²) in [4.78, 5) is 23.4. The molecule has 2 atom stereocenters. The molecule has 25 heavy (non-hydrogen) atoms. The monoisotopic (exact) mass is 349 g/mol. The van der Waals surface area contributed by atoms with Crippen molar-refractivity contribution < 1.29 is 23.8 Å². The minimum Gasteiger partial charge on any atom is -0.444 e. The molecule has 0 saturated heterocycles. The molecule has 0 bridgehead atoms. The first kappa shape index (κ1) is 19.1. The lowest BCUT2D eigenvalue weighted by molar-refractivity contribution is 0.0205. The predicted octanol–water partition coefficient (Wildman–Crippen LogP) is 4.38. The zero-order valence-electron chi connectivity index (χ0n) is 15.7. The Hall–Kier alpha value is -2.24. The second-order valence-electron chi connectivity index (χ2n) is 8.23. The van der Waals surface area contributed by atoms with Gasteiger partial charge >= 0.3 is 12.2 Å². The van der Waals surface area contributed by atoms with E-state index >= 15 is 0 Å². The van der Waals surface area contributed by atoms with E-state index in [9.17, 15) is 9.59 Å². The minimum atomic E-state index is -0.726. The summed E-state index contributed by atoms with van der Waals surface area (Å²) in [5, 5.41) is 2.87. The van der Waals surface area contributed by atoms with Crippen molar-refractivity contribution in [1.82, 2.24) is 5.32 Å². The lowest BCUT2D eigenvalue weighted by Gasteiger charge is -2.19. The smallest absolute Gasteiger partial charge is 0.444 e. The van der Waals surface area contributed by atoms with Crippen molar-refractivity contribution in [2.75, 3.05) is 0 Å². The molecule has 1 aromatic carbocycles. The van der Waals surface area contributed by atoms with Gasteiger partial charge < -0.3 is 19.5 Å². The van der Waals surface area contributed by atoms with Crippen LogP contribution in [0.2, 0.25) is 0 Å². The maximum atomic E-state index is 11.8. The van der Waals surface area contributed by atoms with Gasteiger partial charge in [0, 0.05) is 12.0 Å². The molecule has 6 heteroatoms. The molecule has 0 aliphatic heterocycles. The van der Waals surface area contributed by atoms with Crippen molar-refractivity contribution in [3.63, 3.8) is 0 Å². The molecule has 0 aromatic heterocycles. The molecule has 1 unspecified atom stereocenters. The molecule has 1 fully saturated rings. The molecule has 1 saturated carbocycles. The molecule has 138 valence electrons. The van der Waals surface area contributed by atoms with Crippen LogP contribution in [0.4, 0.5) is 9.59 Å². The highest BCUT2D eigenvalue weighted by molar-refractivity contribution is 5.69. The van der Waals surface area contributed by atoms with Crippen LogP contribution < -0.4 is 10.1 Å². The van der Waals surface area contributed by atoms with E-state index in [1.807, 2.05) is 32.9 Å². The fourth-order valence-corrected chi connectivity index (χ4v) is 2.33. The van der Waals surface area contributed by atoms with Gasteiger partial charge in [0.15, 0.2) is 0 Å². The Bertz CT molecular complexity index is 625. The number of amides is 1. The largest absolute Gasteiger partial charge is 0.514 e. The molecule has 1 aliphatic carbocycles. The molecule has 0 spiro atoms. The summed E-state index contributed by atoms with van der Waals surface area (Å²) in [6.45, 7) is 10.8. The van der Waals surface area contributed by atoms with E-state index in [4.69, 9.17) is 14.2 Å². The molecule has 2 rings (SSSR count). The highest BCUT2D eigenvalue weighted by Gasteiger charge is 2.40. The van der Waals surface area contributed by atoms with E-state index in [2.05, 4.69) is 5.32 Å². The zero-order valence-corrected chi connectivity index (χ0v) is 15.7. The Morgan fingerprint density at radius 3 is 2.04 bits per heavy atom. The summed E-state index contributed by atoms with van der Waals surface area (Å²) in [5.41, 5.74) is -0.0154. The van der Waals surface area contributed by atoms with Gasteiger partial charge in [-0.05, 0) is 65.7 Å². The topological polar surface area (TPSA) is 73.9 Å². The van der Waals surface area contributed by atoms with Gasteiger partial charge in [-0.3, -0.25) is 0 Å². The van der Waals surface area contributed by atoms with Gasteiger partial charge in [-0.25, -0.2) is 9.59 Å². The summed E-state index contributed by atoms with van der Waals surface area (Å²) in [6, 6.07) is 7.31. The number of alkyl carbamates (subject to hydrolysis) is 1. The minimum absolute atomic E-state index is 0.0764. The quantitative estimate of drug-likeness (QED) is 0.647. The fourth-order valence-electron chi connectivity index (χ4n) is 2.33. The number of hydrogen-bond acceptors (Lipinski definition) is 5. The molecule has 0 radical (unpaired) electrons. The van der Waals surface area contributed by atoms with E-state index in [0.29, 0.717) is 5.75 Å². The molecule has 0 heterocycles. The lowest BCUT2D eigenvalue weighted by atomic mass is 10.1. The third-order valence-electron chi connectivity index (χ3n) is 3.39. The van der Waals surface area contributed by atoms with Crippen molar-refractivity contribution in [1.29, 1.82) is 0 Å². The van der Waals surface area contributed by atoms with Gasteiger partial charge in [0.1, 0.15) is 17.0 Å². The average Bonchev–Trinajstić information content (AvgIpc) is 3.13. The zero-order chi connectivity index (χ0) is 18.8. The summed E-state index contributed by atoms with van der Waals surface area (Å²) in [6.07, 6.45) is -0.257. The van der Waals surface area contributed by atoms with Gasteiger partial charge in [0.2, 0.25) is 0 Å². The third-order valence-corrected chi connectivity index (χ3v) is 3.39. The number of rotatable bonds is 3. The SMILES string of the molecule is CC(C)(C)OC(=O)NC1C[C@H]1c1ccc(OC(=O)OC(C)(C)C)cc1. The second-order valence-corrected chi connectivity index (χ2v) is 8.23. The van der Waals surface area contributed by atoms with Crippen molar-refractivity contribution in [2.24, 2.45) is 0 Å². The first-order valence-corrected chi connectivity index (χ1v) is 8.43. The van der Waals surface area contributed by atoms with E-state index in [0.717, 1.165) is 12.0 Å². The summed E-state index contributed by atoms with van der Waals surface area (Å²) in [5.74, 6) is 0.679. The molecule has 1 amide bonds. The van der Waals surface area contributed by atoms with Crippen LogP contribution in [0.5, 0.6) is 5.75 Å². The number of hydrogen-bond donors (Lipinski definition) is 1. The molecular weight excluding hydrogens is 322 g/mol. The van der Waals surface area contributed by atoms with Gasteiger partial charge in [0.05, 0.1) is 0 Å². The number of ether oxygens (including phenoxy) is 3. The van der Waals surface area contributed by atoms with Gasteiger partial charge in [-0.15, -0.1) is 0 Å². The van der Waals surface area contributed by atoms with E-state index in [1.54, 1.807) is 32.9 Å². The second kappa shape index (κ2) is 6.94. The first-order valence-electron chi connectivity index (χ1n) is 8.43. The number of nitrogens with one attached hydrogen (secondary N) is 1. The van der Waals surface area contributed by atoms with Crippen molar-refractivity contribution >= 4 is 12.2 Å². The van der Waals surface area contributed by atoms with Crippen LogP contribution in [0, 0.1) is 0 Å². The Morgan fingerprint density at radius 1 is 0.960 bits per heavy atom. The normalized spacial score (nSPS) is 19.8. The highest BCUT2D eigenvalue weighted by Crippen LogP contribution is 2.41. The Labute approximate surface area is 148 Å². The number of carbonyl (C=O) groups is 2. The molecular formula is C19H27NO5. The van der Waals surface area contributed by atoms with Gasteiger partial charge in [0.25, 0.3) is 0 Å². The summed E-state index contributed by atoms with van der Waals surface area (Å²) in [7, 11) is 0. The third kappa shape index (κ3) is 6.64. The number of benzene rings is 1.